The number of carbonyl (C=O) groups excluding carboxylic acids is 1. The second-order valence-corrected chi connectivity index (χ2v) is 6.13. The van der Waals surface area contributed by atoms with Gasteiger partial charge in [-0.1, -0.05) is 6.07 Å². The summed E-state index contributed by atoms with van der Waals surface area (Å²) >= 11 is 3.47. The molecule has 0 bridgehead atoms. The monoisotopic (exact) mass is 340 g/mol. The van der Waals surface area contributed by atoms with E-state index in [1.165, 1.54) is 0 Å². The molecule has 1 unspecified atom stereocenters. The first-order chi connectivity index (χ1) is 9.49. The van der Waals surface area contributed by atoms with Gasteiger partial charge in [0, 0.05) is 25.7 Å². The van der Waals surface area contributed by atoms with Gasteiger partial charge in [-0.25, -0.2) is 0 Å². The first-order valence-electron chi connectivity index (χ1n) is 6.93. The van der Waals surface area contributed by atoms with E-state index < -0.39 is 6.10 Å². The summed E-state index contributed by atoms with van der Waals surface area (Å²) in [5.41, 5.74) is 1.15. The first kappa shape index (κ1) is 15.3. The van der Waals surface area contributed by atoms with Crippen LogP contribution in [0.1, 0.15) is 19.4 Å². The number of hydrogen-bond donors (Lipinski definition) is 1. The third-order valence-electron chi connectivity index (χ3n) is 3.52. The summed E-state index contributed by atoms with van der Waals surface area (Å²) in [6, 6.07) is 6.07. The Morgan fingerprint density at radius 2 is 2.30 bits per heavy atom. The van der Waals surface area contributed by atoms with Crippen LogP contribution in [-0.4, -0.2) is 42.6 Å². The van der Waals surface area contributed by atoms with Gasteiger partial charge in [0.15, 0.2) is 6.10 Å². The van der Waals surface area contributed by atoms with E-state index in [0.29, 0.717) is 5.75 Å². The molecule has 1 saturated heterocycles. The lowest BCUT2D eigenvalue weighted by molar-refractivity contribution is -0.140. The molecule has 2 atom stereocenters. The summed E-state index contributed by atoms with van der Waals surface area (Å²) < 4.78 is 6.69. The van der Waals surface area contributed by atoms with Crippen LogP contribution in [0.4, 0.5) is 0 Å². The summed E-state index contributed by atoms with van der Waals surface area (Å²) in [6.07, 6.45) is -0.477. The molecule has 1 fully saturated rings. The van der Waals surface area contributed by atoms with Gasteiger partial charge in [-0.05, 0) is 54.4 Å². The topological polar surface area (TPSA) is 41.6 Å². The van der Waals surface area contributed by atoms with Gasteiger partial charge in [0.1, 0.15) is 5.75 Å². The highest BCUT2D eigenvalue weighted by Crippen LogP contribution is 2.27. The minimum Gasteiger partial charge on any atom is -0.480 e. The van der Waals surface area contributed by atoms with Crippen LogP contribution in [-0.2, 0) is 4.79 Å². The molecule has 1 aliphatic rings. The van der Waals surface area contributed by atoms with Crippen molar-refractivity contribution in [3.05, 3.63) is 28.2 Å². The molecule has 20 heavy (non-hydrogen) atoms. The van der Waals surface area contributed by atoms with E-state index in [1.807, 2.05) is 36.9 Å². The van der Waals surface area contributed by atoms with Crippen molar-refractivity contribution in [3.63, 3.8) is 0 Å². The van der Waals surface area contributed by atoms with Gasteiger partial charge in [-0.2, -0.15) is 0 Å². The summed E-state index contributed by atoms with van der Waals surface area (Å²) in [5.74, 6) is 0.755. The predicted octanol–water partition coefficient (Wildman–Crippen LogP) is 2.35. The molecule has 0 radical (unpaired) electrons. The fourth-order valence-electron chi connectivity index (χ4n) is 2.34. The fourth-order valence-corrected chi connectivity index (χ4v) is 2.93. The molecule has 0 saturated carbocycles. The minimum absolute atomic E-state index is 0.0477. The molecular weight excluding hydrogens is 320 g/mol. The van der Waals surface area contributed by atoms with Gasteiger partial charge in [0.05, 0.1) is 4.47 Å². The quantitative estimate of drug-likeness (QED) is 0.918. The second kappa shape index (κ2) is 6.59. The lowest BCUT2D eigenvalue weighted by atomic mass is 10.2. The maximum atomic E-state index is 12.4. The Bertz CT molecular complexity index is 493. The van der Waals surface area contributed by atoms with Crippen LogP contribution in [0.25, 0.3) is 0 Å². The average Bonchev–Trinajstić information content (AvgIpc) is 2.41. The number of nitrogens with one attached hydrogen (secondary N) is 1. The average molecular weight is 341 g/mol. The number of aryl methyl sites for hydroxylation is 1. The molecule has 0 aliphatic carbocycles. The van der Waals surface area contributed by atoms with Crippen molar-refractivity contribution in [3.8, 4) is 5.75 Å². The van der Waals surface area contributed by atoms with Crippen LogP contribution >= 0.6 is 15.9 Å². The summed E-state index contributed by atoms with van der Waals surface area (Å²) in [5, 5.41) is 3.28. The minimum atomic E-state index is -0.477. The number of carbonyl (C=O) groups is 1. The summed E-state index contributed by atoms with van der Waals surface area (Å²) in [4.78, 5) is 14.3. The Labute approximate surface area is 128 Å². The van der Waals surface area contributed by atoms with Crippen LogP contribution in [0.3, 0.4) is 0 Å². The molecule has 1 N–H and O–H groups in total. The van der Waals surface area contributed by atoms with Gasteiger partial charge in [0.25, 0.3) is 5.91 Å². The standard InChI is InChI=1S/C15H21BrN2O2/c1-10-4-5-14(13(16)8-10)20-12(3)15(19)18-7-6-17-9-11(18)2/h4-5,8,11-12,17H,6-7,9H2,1-3H3/t11-,12?/m0/s1. The first-order valence-corrected chi connectivity index (χ1v) is 7.72. The zero-order valence-electron chi connectivity index (χ0n) is 12.1. The van der Waals surface area contributed by atoms with Crippen LogP contribution in [0.15, 0.2) is 22.7 Å². The second-order valence-electron chi connectivity index (χ2n) is 5.28. The van der Waals surface area contributed by atoms with E-state index in [0.717, 1.165) is 29.7 Å². The lowest BCUT2D eigenvalue weighted by Crippen LogP contribution is -2.55. The maximum Gasteiger partial charge on any atom is 0.263 e. The number of piperazine rings is 1. The smallest absolute Gasteiger partial charge is 0.263 e. The predicted molar refractivity (Wildman–Crippen MR) is 83.0 cm³/mol. The SMILES string of the molecule is Cc1ccc(OC(C)C(=O)N2CCNC[C@@H]2C)c(Br)c1. The Morgan fingerprint density at radius 3 is 2.95 bits per heavy atom. The molecule has 5 heteroatoms. The van der Waals surface area contributed by atoms with Gasteiger partial charge in [-0.15, -0.1) is 0 Å². The third kappa shape index (κ3) is 3.52. The van der Waals surface area contributed by atoms with E-state index in [2.05, 4.69) is 28.2 Å². The van der Waals surface area contributed by atoms with Crippen molar-refractivity contribution in [2.45, 2.75) is 32.9 Å². The van der Waals surface area contributed by atoms with Gasteiger partial charge in [0.2, 0.25) is 0 Å². The molecule has 2 rings (SSSR count). The van der Waals surface area contributed by atoms with Crippen LogP contribution in [0.5, 0.6) is 5.75 Å². The van der Waals surface area contributed by atoms with Crippen molar-refractivity contribution < 1.29 is 9.53 Å². The summed E-state index contributed by atoms with van der Waals surface area (Å²) in [7, 11) is 0. The molecule has 1 aromatic carbocycles. The number of amides is 1. The number of rotatable bonds is 3. The molecule has 0 spiro atoms. The normalized spacial score (nSPS) is 20.6. The zero-order chi connectivity index (χ0) is 14.7. The highest BCUT2D eigenvalue weighted by atomic mass is 79.9. The maximum absolute atomic E-state index is 12.4. The Hall–Kier alpha value is -1.07. The van der Waals surface area contributed by atoms with Crippen LogP contribution < -0.4 is 10.1 Å². The number of halogens is 1. The van der Waals surface area contributed by atoms with E-state index in [1.54, 1.807) is 0 Å². The highest BCUT2D eigenvalue weighted by Gasteiger charge is 2.28. The zero-order valence-corrected chi connectivity index (χ0v) is 13.7. The highest BCUT2D eigenvalue weighted by molar-refractivity contribution is 9.10. The Kier molecular flexibility index (Phi) is 5.05. The molecule has 1 aliphatic heterocycles. The number of hydrogen-bond acceptors (Lipinski definition) is 3. The molecule has 4 nitrogen and oxygen atoms in total. The molecule has 0 aromatic heterocycles. The van der Waals surface area contributed by atoms with E-state index in [9.17, 15) is 4.79 Å². The van der Waals surface area contributed by atoms with Crippen LogP contribution in [0.2, 0.25) is 0 Å². The molecule has 110 valence electrons. The van der Waals surface area contributed by atoms with Crippen molar-refractivity contribution >= 4 is 21.8 Å². The molecular formula is C15H21BrN2O2. The van der Waals surface area contributed by atoms with Crippen molar-refractivity contribution in [1.82, 2.24) is 10.2 Å². The van der Waals surface area contributed by atoms with Crippen molar-refractivity contribution in [2.75, 3.05) is 19.6 Å². The Balaban J connectivity index is 2.03. The van der Waals surface area contributed by atoms with Gasteiger partial charge in [-0.3, -0.25) is 4.79 Å². The van der Waals surface area contributed by atoms with E-state index in [4.69, 9.17) is 4.74 Å². The summed E-state index contributed by atoms with van der Waals surface area (Å²) in [6.45, 7) is 8.31. The number of nitrogens with zero attached hydrogens (tertiary/aromatic N) is 1. The van der Waals surface area contributed by atoms with E-state index in [-0.39, 0.29) is 11.9 Å². The largest absolute Gasteiger partial charge is 0.480 e. The van der Waals surface area contributed by atoms with Gasteiger partial charge < -0.3 is 15.0 Å². The van der Waals surface area contributed by atoms with Crippen LogP contribution in [0, 0.1) is 6.92 Å². The molecule has 1 heterocycles. The van der Waals surface area contributed by atoms with Crippen molar-refractivity contribution in [2.24, 2.45) is 0 Å². The van der Waals surface area contributed by atoms with Gasteiger partial charge >= 0.3 is 0 Å². The van der Waals surface area contributed by atoms with Crippen molar-refractivity contribution in [1.29, 1.82) is 0 Å². The Morgan fingerprint density at radius 1 is 1.55 bits per heavy atom. The number of benzene rings is 1. The lowest BCUT2D eigenvalue weighted by Gasteiger charge is -2.35. The number of ether oxygens (including phenoxy) is 1. The molecule has 1 amide bonds. The fraction of sp³-hybridized carbons (Fsp3) is 0.533. The molecule has 1 aromatic rings. The van der Waals surface area contributed by atoms with E-state index >= 15 is 0 Å². The third-order valence-corrected chi connectivity index (χ3v) is 4.14.